The lowest BCUT2D eigenvalue weighted by Crippen LogP contribution is -2.36. The van der Waals surface area contributed by atoms with E-state index in [-0.39, 0.29) is 11.7 Å². The van der Waals surface area contributed by atoms with Gasteiger partial charge in [0.05, 0.1) is 0 Å². The summed E-state index contributed by atoms with van der Waals surface area (Å²) in [6, 6.07) is 6.76. The average molecular weight is 279 g/mol. The molecule has 1 aliphatic heterocycles. The fraction of sp³-hybridized carbons (Fsp3) is 0.429. The van der Waals surface area contributed by atoms with Gasteiger partial charge < -0.3 is 20.3 Å². The van der Waals surface area contributed by atoms with Crippen molar-refractivity contribution in [3.05, 3.63) is 29.8 Å². The van der Waals surface area contributed by atoms with Crippen LogP contribution < -0.4 is 5.32 Å². The molecular weight excluding hydrogens is 262 g/mol. The van der Waals surface area contributed by atoms with E-state index in [2.05, 4.69) is 5.32 Å². The molecular formula is C14H17NO5. The molecule has 20 heavy (non-hydrogen) atoms. The first-order valence-corrected chi connectivity index (χ1v) is 6.50. The Morgan fingerprint density at radius 3 is 2.45 bits per heavy atom. The van der Waals surface area contributed by atoms with E-state index < -0.39 is 18.2 Å². The van der Waals surface area contributed by atoms with Crippen LogP contribution in [0, 0.1) is 0 Å². The Bertz CT molecular complexity index is 485. The van der Waals surface area contributed by atoms with Gasteiger partial charge in [-0.1, -0.05) is 12.1 Å². The Labute approximate surface area is 116 Å². The molecule has 6 heteroatoms. The van der Waals surface area contributed by atoms with E-state index in [1.807, 2.05) is 0 Å². The number of aliphatic carboxylic acids is 1. The number of rotatable bonds is 5. The number of benzene rings is 1. The number of phenolic OH excluding ortho intramolecular Hbond substituents is 1. The zero-order chi connectivity index (χ0) is 14.5. The van der Waals surface area contributed by atoms with Crippen LogP contribution in [-0.4, -0.2) is 40.8 Å². The highest BCUT2D eigenvalue weighted by Crippen LogP contribution is 2.19. The molecule has 0 radical (unpaired) electrons. The third-order valence-corrected chi connectivity index (χ3v) is 3.24. The fourth-order valence-corrected chi connectivity index (χ4v) is 2.12. The number of amides is 1. The molecule has 1 aliphatic rings. The van der Waals surface area contributed by atoms with Crippen molar-refractivity contribution < 1.29 is 24.5 Å². The molecule has 0 spiro atoms. The number of carboxylic acid groups (broad SMARTS) is 1. The van der Waals surface area contributed by atoms with Gasteiger partial charge in [0, 0.05) is 6.54 Å². The smallest absolute Gasteiger partial charge is 0.332 e. The van der Waals surface area contributed by atoms with Gasteiger partial charge in [-0.3, -0.25) is 4.79 Å². The fourth-order valence-electron chi connectivity index (χ4n) is 2.12. The van der Waals surface area contributed by atoms with Crippen molar-refractivity contribution in [2.45, 2.75) is 31.5 Å². The van der Waals surface area contributed by atoms with Crippen molar-refractivity contribution >= 4 is 11.9 Å². The molecule has 0 bridgehead atoms. The lowest BCUT2D eigenvalue weighted by atomic mass is 10.1. The van der Waals surface area contributed by atoms with E-state index in [4.69, 9.17) is 14.9 Å². The first kappa shape index (κ1) is 14.3. The summed E-state index contributed by atoms with van der Waals surface area (Å²) in [5, 5.41) is 20.7. The molecule has 2 rings (SSSR count). The molecule has 0 aliphatic carbocycles. The van der Waals surface area contributed by atoms with Crippen LogP contribution in [0.4, 0.5) is 0 Å². The van der Waals surface area contributed by atoms with E-state index >= 15 is 0 Å². The topological polar surface area (TPSA) is 95.9 Å². The molecule has 1 heterocycles. The van der Waals surface area contributed by atoms with Gasteiger partial charge in [0.2, 0.25) is 5.91 Å². The van der Waals surface area contributed by atoms with Crippen LogP contribution in [0.5, 0.6) is 5.75 Å². The standard InChI is InChI=1S/C14H17NO5/c16-10-3-1-9(2-4-10)7-8-15-13(17)11-5-6-12(20-11)14(18)19/h1-4,11-12,16H,5-8H2,(H,15,17)(H,18,19). The van der Waals surface area contributed by atoms with E-state index in [1.165, 1.54) is 0 Å². The van der Waals surface area contributed by atoms with E-state index in [1.54, 1.807) is 24.3 Å². The van der Waals surface area contributed by atoms with Crippen LogP contribution in [0.1, 0.15) is 18.4 Å². The predicted octanol–water partition coefficient (Wildman–Crippen LogP) is 0.683. The maximum Gasteiger partial charge on any atom is 0.332 e. The van der Waals surface area contributed by atoms with E-state index in [9.17, 15) is 9.59 Å². The number of phenols is 1. The summed E-state index contributed by atoms with van der Waals surface area (Å²) in [5.74, 6) is -1.09. The van der Waals surface area contributed by atoms with Gasteiger partial charge in [0.15, 0.2) is 6.10 Å². The number of aromatic hydroxyl groups is 1. The Kier molecular flexibility index (Phi) is 4.57. The summed E-state index contributed by atoms with van der Waals surface area (Å²) in [6.07, 6.45) is -0.104. The van der Waals surface area contributed by atoms with Gasteiger partial charge in [-0.25, -0.2) is 4.79 Å². The highest BCUT2D eigenvalue weighted by molar-refractivity contribution is 5.82. The Morgan fingerprint density at radius 1 is 1.20 bits per heavy atom. The molecule has 108 valence electrons. The van der Waals surface area contributed by atoms with E-state index in [0.29, 0.717) is 25.8 Å². The van der Waals surface area contributed by atoms with Crippen molar-refractivity contribution in [2.24, 2.45) is 0 Å². The minimum absolute atomic E-state index is 0.205. The zero-order valence-corrected chi connectivity index (χ0v) is 10.9. The molecule has 6 nitrogen and oxygen atoms in total. The molecule has 2 atom stereocenters. The van der Waals surface area contributed by atoms with Gasteiger partial charge in [-0.05, 0) is 37.0 Å². The molecule has 0 aromatic heterocycles. The molecule has 1 saturated heterocycles. The second-order valence-electron chi connectivity index (χ2n) is 4.74. The maximum atomic E-state index is 11.8. The first-order chi connectivity index (χ1) is 9.56. The number of hydrogen-bond donors (Lipinski definition) is 3. The van der Waals surface area contributed by atoms with Gasteiger partial charge in [-0.15, -0.1) is 0 Å². The summed E-state index contributed by atoms with van der Waals surface area (Å²) in [5.41, 5.74) is 0.999. The Hall–Kier alpha value is -2.08. The van der Waals surface area contributed by atoms with Crippen LogP contribution in [-0.2, 0) is 20.7 Å². The second-order valence-corrected chi connectivity index (χ2v) is 4.74. The van der Waals surface area contributed by atoms with Crippen LogP contribution in [0.25, 0.3) is 0 Å². The maximum absolute atomic E-state index is 11.8. The highest BCUT2D eigenvalue weighted by atomic mass is 16.5. The summed E-state index contributed by atoms with van der Waals surface area (Å²) in [6.45, 7) is 0.446. The molecule has 3 N–H and O–H groups in total. The Morgan fingerprint density at radius 2 is 1.85 bits per heavy atom. The van der Waals surface area contributed by atoms with Crippen LogP contribution in [0.2, 0.25) is 0 Å². The summed E-state index contributed by atoms with van der Waals surface area (Å²) >= 11 is 0. The number of carbonyl (C=O) groups is 2. The predicted molar refractivity (Wildman–Crippen MR) is 70.4 cm³/mol. The Balaban J connectivity index is 1.73. The molecule has 1 amide bonds. The summed E-state index contributed by atoms with van der Waals surface area (Å²) < 4.78 is 5.16. The minimum Gasteiger partial charge on any atom is -0.508 e. The lowest BCUT2D eigenvalue weighted by Gasteiger charge is -2.11. The van der Waals surface area contributed by atoms with E-state index in [0.717, 1.165) is 5.56 Å². The largest absolute Gasteiger partial charge is 0.508 e. The highest BCUT2D eigenvalue weighted by Gasteiger charge is 2.34. The van der Waals surface area contributed by atoms with Crippen LogP contribution >= 0.6 is 0 Å². The summed E-state index contributed by atoms with van der Waals surface area (Å²) in [7, 11) is 0. The van der Waals surface area contributed by atoms with Crippen molar-refractivity contribution in [3.63, 3.8) is 0 Å². The zero-order valence-electron chi connectivity index (χ0n) is 10.9. The summed E-state index contributed by atoms with van der Waals surface area (Å²) in [4.78, 5) is 22.5. The normalized spacial score (nSPS) is 21.6. The van der Waals surface area contributed by atoms with Gasteiger partial charge >= 0.3 is 5.97 Å². The average Bonchev–Trinajstić information content (AvgIpc) is 2.91. The molecule has 1 aromatic rings. The molecule has 1 fully saturated rings. The number of hydrogen-bond acceptors (Lipinski definition) is 4. The van der Waals surface area contributed by atoms with Crippen LogP contribution in [0.3, 0.4) is 0 Å². The van der Waals surface area contributed by atoms with Gasteiger partial charge in [0.25, 0.3) is 0 Å². The SMILES string of the molecule is O=C(O)C1CCC(C(=O)NCCc2ccc(O)cc2)O1. The number of carbonyl (C=O) groups excluding carboxylic acids is 1. The second kappa shape index (κ2) is 6.38. The van der Waals surface area contributed by atoms with Crippen molar-refractivity contribution in [3.8, 4) is 5.75 Å². The van der Waals surface area contributed by atoms with Crippen molar-refractivity contribution in [2.75, 3.05) is 6.54 Å². The third-order valence-electron chi connectivity index (χ3n) is 3.24. The minimum atomic E-state index is -1.02. The molecule has 1 aromatic carbocycles. The van der Waals surface area contributed by atoms with Gasteiger partial charge in [-0.2, -0.15) is 0 Å². The van der Waals surface area contributed by atoms with Crippen molar-refractivity contribution in [1.82, 2.24) is 5.32 Å². The van der Waals surface area contributed by atoms with Crippen LogP contribution in [0.15, 0.2) is 24.3 Å². The molecule has 0 saturated carbocycles. The lowest BCUT2D eigenvalue weighted by molar-refractivity contribution is -0.151. The number of nitrogens with one attached hydrogen (secondary N) is 1. The third kappa shape index (κ3) is 3.71. The quantitative estimate of drug-likeness (QED) is 0.736. The van der Waals surface area contributed by atoms with Crippen molar-refractivity contribution in [1.29, 1.82) is 0 Å². The number of ether oxygens (including phenoxy) is 1. The first-order valence-electron chi connectivity index (χ1n) is 6.50. The molecule has 2 unspecified atom stereocenters. The number of carboxylic acids is 1. The monoisotopic (exact) mass is 279 g/mol. The van der Waals surface area contributed by atoms with Gasteiger partial charge in [0.1, 0.15) is 11.9 Å².